The number of rotatable bonds is 19. The molecule has 36 heavy (non-hydrogen) atoms. The Morgan fingerprint density at radius 1 is 0.889 bits per heavy atom. The number of allylic oxidation sites excluding steroid dienone is 1. The SMILES string of the molecule is C=C1CCC[C@]2(C)C[C@@H]3OC(=O)[C@H](CNCCCCCCCCCCCCCCCCCC)[C@H]3C[C@@H]12. The lowest BCUT2D eigenvalue weighted by molar-refractivity contribution is -0.146. The highest BCUT2D eigenvalue weighted by atomic mass is 16.6. The van der Waals surface area contributed by atoms with Gasteiger partial charge in [0.2, 0.25) is 0 Å². The summed E-state index contributed by atoms with van der Waals surface area (Å²) in [4.78, 5) is 12.7. The van der Waals surface area contributed by atoms with E-state index in [9.17, 15) is 4.79 Å². The van der Waals surface area contributed by atoms with Gasteiger partial charge in [-0.3, -0.25) is 4.79 Å². The third-order valence-electron chi connectivity index (χ3n) is 9.89. The molecule has 0 aromatic carbocycles. The van der Waals surface area contributed by atoms with Crippen molar-refractivity contribution in [3.8, 4) is 0 Å². The van der Waals surface area contributed by atoms with Crippen LogP contribution in [0.2, 0.25) is 0 Å². The van der Waals surface area contributed by atoms with Crippen LogP contribution in [0.25, 0.3) is 0 Å². The van der Waals surface area contributed by atoms with Gasteiger partial charge >= 0.3 is 5.97 Å². The van der Waals surface area contributed by atoms with Gasteiger partial charge in [-0.2, -0.15) is 0 Å². The van der Waals surface area contributed by atoms with Crippen LogP contribution in [0.15, 0.2) is 12.2 Å². The maximum atomic E-state index is 12.7. The summed E-state index contributed by atoms with van der Waals surface area (Å²) in [6.07, 6.45) is 28.5. The smallest absolute Gasteiger partial charge is 0.310 e. The number of hydrogen-bond donors (Lipinski definition) is 1. The summed E-state index contributed by atoms with van der Waals surface area (Å²) in [5.41, 5.74) is 1.73. The molecule has 3 fully saturated rings. The summed E-state index contributed by atoms with van der Waals surface area (Å²) in [6.45, 7) is 11.0. The molecule has 0 aromatic rings. The zero-order chi connectivity index (χ0) is 25.6. The summed E-state index contributed by atoms with van der Waals surface area (Å²) >= 11 is 0. The fraction of sp³-hybridized carbons (Fsp3) is 0.909. The maximum Gasteiger partial charge on any atom is 0.310 e. The summed E-state index contributed by atoms with van der Waals surface area (Å²) in [7, 11) is 0. The van der Waals surface area contributed by atoms with Crippen molar-refractivity contribution in [2.45, 2.75) is 155 Å². The molecule has 1 N–H and O–H groups in total. The molecule has 208 valence electrons. The second-order valence-corrected chi connectivity index (χ2v) is 12.9. The van der Waals surface area contributed by atoms with Crippen LogP contribution in [0.4, 0.5) is 0 Å². The van der Waals surface area contributed by atoms with Crippen molar-refractivity contribution >= 4 is 5.97 Å². The van der Waals surface area contributed by atoms with Crippen molar-refractivity contribution < 1.29 is 9.53 Å². The van der Waals surface area contributed by atoms with Crippen LogP contribution in [0.1, 0.15) is 149 Å². The minimum absolute atomic E-state index is 0.0512. The molecular weight excluding hydrogens is 442 g/mol. The molecule has 3 heteroatoms. The predicted molar refractivity (Wildman–Crippen MR) is 153 cm³/mol. The number of carbonyl (C=O) groups excluding carboxylic acids is 1. The lowest BCUT2D eigenvalue weighted by atomic mass is 9.55. The van der Waals surface area contributed by atoms with Gasteiger partial charge < -0.3 is 10.1 Å². The quantitative estimate of drug-likeness (QED) is 0.109. The highest BCUT2D eigenvalue weighted by Crippen LogP contribution is 2.56. The van der Waals surface area contributed by atoms with Gasteiger partial charge in [-0.25, -0.2) is 0 Å². The van der Waals surface area contributed by atoms with Crippen LogP contribution in [0.3, 0.4) is 0 Å². The Balaban J connectivity index is 1.14. The fourth-order valence-corrected chi connectivity index (χ4v) is 7.55. The fourth-order valence-electron chi connectivity index (χ4n) is 7.55. The van der Waals surface area contributed by atoms with Crippen molar-refractivity contribution in [1.82, 2.24) is 5.32 Å². The molecule has 1 aliphatic heterocycles. The number of ether oxygens (including phenoxy) is 1. The average Bonchev–Trinajstić information content (AvgIpc) is 3.15. The molecule has 5 atom stereocenters. The normalized spacial score (nSPS) is 29.7. The number of fused-ring (bicyclic) bond motifs is 2. The number of hydrogen-bond acceptors (Lipinski definition) is 3. The molecule has 0 bridgehead atoms. The minimum atomic E-state index is 0.0512. The Morgan fingerprint density at radius 2 is 1.44 bits per heavy atom. The number of unbranched alkanes of at least 4 members (excludes halogenated alkanes) is 15. The minimum Gasteiger partial charge on any atom is -0.462 e. The molecule has 0 unspecified atom stereocenters. The monoisotopic (exact) mass is 501 g/mol. The van der Waals surface area contributed by atoms with E-state index < -0.39 is 0 Å². The first-order chi connectivity index (χ1) is 17.5. The Kier molecular flexibility index (Phi) is 13.4. The molecule has 0 aromatic heterocycles. The zero-order valence-corrected chi connectivity index (χ0v) is 24.1. The highest BCUT2D eigenvalue weighted by molar-refractivity contribution is 5.75. The van der Waals surface area contributed by atoms with E-state index in [1.165, 1.54) is 128 Å². The van der Waals surface area contributed by atoms with Crippen LogP contribution in [0.5, 0.6) is 0 Å². The predicted octanol–water partition coefficient (Wildman–Crippen LogP) is 9.15. The molecule has 3 aliphatic rings. The topological polar surface area (TPSA) is 38.3 Å². The third-order valence-corrected chi connectivity index (χ3v) is 9.89. The van der Waals surface area contributed by atoms with Crippen molar-refractivity contribution in [2.75, 3.05) is 13.1 Å². The first-order valence-electron chi connectivity index (χ1n) is 16.1. The van der Waals surface area contributed by atoms with Crippen molar-refractivity contribution in [3.63, 3.8) is 0 Å². The van der Waals surface area contributed by atoms with Gasteiger partial charge in [-0.15, -0.1) is 0 Å². The van der Waals surface area contributed by atoms with Crippen LogP contribution < -0.4 is 5.32 Å². The lowest BCUT2D eigenvalue weighted by Gasteiger charge is -2.50. The van der Waals surface area contributed by atoms with E-state index in [0.29, 0.717) is 17.3 Å². The van der Waals surface area contributed by atoms with Gasteiger partial charge in [0.05, 0.1) is 5.92 Å². The molecule has 3 nitrogen and oxygen atoms in total. The second-order valence-electron chi connectivity index (χ2n) is 12.9. The number of nitrogens with one attached hydrogen (secondary N) is 1. The van der Waals surface area contributed by atoms with E-state index in [1.54, 1.807) is 0 Å². The first kappa shape index (κ1) is 29.7. The van der Waals surface area contributed by atoms with Crippen molar-refractivity contribution in [1.29, 1.82) is 0 Å². The molecule has 1 saturated heterocycles. The lowest BCUT2D eigenvalue weighted by Crippen LogP contribution is -2.45. The molecule has 2 saturated carbocycles. The van der Waals surface area contributed by atoms with Crippen molar-refractivity contribution in [2.24, 2.45) is 23.2 Å². The van der Waals surface area contributed by atoms with Gasteiger partial charge in [0.1, 0.15) is 6.10 Å². The molecule has 2 aliphatic carbocycles. The molecule has 0 radical (unpaired) electrons. The maximum absolute atomic E-state index is 12.7. The Labute approximate surface area is 224 Å². The van der Waals surface area contributed by atoms with Crippen LogP contribution >= 0.6 is 0 Å². The van der Waals surface area contributed by atoms with Crippen LogP contribution in [-0.2, 0) is 9.53 Å². The van der Waals surface area contributed by atoms with E-state index in [-0.39, 0.29) is 18.0 Å². The third kappa shape index (κ3) is 9.17. The molecular formula is C33H59NO2. The Bertz CT molecular complexity index is 646. The zero-order valence-electron chi connectivity index (χ0n) is 24.1. The van der Waals surface area contributed by atoms with E-state index >= 15 is 0 Å². The van der Waals surface area contributed by atoms with E-state index in [2.05, 4.69) is 25.7 Å². The van der Waals surface area contributed by atoms with Gasteiger partial charge in [-0.1, -0.05) is 122 Å². The Hall–Kier alpha value is -0.830. The van der Waals surface area contributed by atoms with Gasteiger partial charge in [0.25, 0.3) is 0 Å². The van der Waals surface area contributed by atoms with E-state index in [1.807, 2.05) is 0 Å². The number of esters is 1. The summed E-state index contributed by atoms with van der Waals surface area (Å²) in [5.74, 6) is 1.08. The van der Waals surface area contributed by atoms with Crippen LogP contribution in [0, 0.1) is 23.2 Å². The van der Waals surface area contributed by atoms with Crippen LogP contribution in [-0.4, -0.2) is 25.2 Å². The largest absolute Gasteiger partial charge is 0.462 e. The molecule has 0 spiro atoms. The van der Waals surface area contributed by atoms with Gasteiger partial charge in [0, 0.05) is 12.5 Å². The van der Waals surface area contributed by atoms with Gasteiger partial charge in [-0.05, 0) is 56.4 Å². The molecule has 0 amide bonds. The Morgan fingerprint density at radius 3 is 2.03 bits per heavy atom. The molecule has 3 rings (SSSR count). The standard InChI is InChI=1S/C33H59NO2/c1-4-5-6-7-8-9-10-11-12-13-14-15-16-17-18-19-23-34-26-29-28-24-30-27(2)21-20-22-33(30,3)25-31(28)36-32(29)35/h28-31,34H,2,4-26H2,1,3H3/t28-,29-,30+,31+,33-/m1/s1. The molecule has 1 heterocycles. The summed E-state index contributed by atoms with van der Waals surface area (Å²) in [5, 5.41) is 3.61. The van der Waals surface area contributed by atoms with E-state index in [4.69, 9.17) is 4.74 Å². The van der Waals surface area contributed by atoms with E-state index in [0.717, 1.165) is 25.9 Å². The average molecular weight is 502 g/mol. The highest BCUT2D eigenvalue weighted by Gasteiger charge is 2.54. The number of carbonyl (C=O) groups is 1. The second kappa shape index (κ2) is 16.2. The van der Waals surface area contributed by atoms with Crippen molar-refractivity contribution in [3.05, 3.63) is 12.2 Å². The first-order valence-corrected chi connectivity index (χ1v) is 16.1. The summed E-state index contributed by atoms with van der Waals surface area (Å²) < 4.78 is 5.91. The van der Waals surface area contributed by atoms with Gasteiger partial charge in [0.15, 0.2) is 0 Å². The summed E-state index contributed by atoms with van der Waals surface area (Å²) in [6, 6.07) is 0.